The van der Waals surface area contributed by atoms with Gasteiger partial charge in [-0.2, -0.15) is 14.6 Å². The molecule has 0 spiro atoms. The van der Waals surface area contributed by atoms with E-state index in [1.165, 1.54) is 18.2 Å². The molecule has 0 radical (unpaired) electrons. The summed E-state index contributed by atoms with van der Waals surface area (Å²) in [5.74, 6) is 0. The van der Waals surface area contributed by atoms with E-state index in [0.29, 0.717) is 5.56 Å². The van der Waals surface area contributed by atoms with Crippen LogP contribution in [0.25, 0.3) is 11.0 Å². The van der Waals surface area contributed by atoms with Gasteiger partial charge in [-0.25, -0.2) is 0 Å². The fraction of sp³-hybridized carbons (Fsp3) is 0.100. The van der Waals surface area contributed by atoms with Crippen molar-refractivity contribution in [1.82, 2.24) is 14.6 Å². The van der Waals surface area contributed by atoms with Crippen LogP contribution in [-0.4, -0.2) is 19.5 Å². The van der Waals surface area contributed by atoms with Gasteiger partial charge < -0.3 is 0 Å². The van der Waals surface area contributed by atoms with Crippen LogP contribution in [-0.2, 0) is 6.42 Å². The van der Waals surface area contributed by atoms with E-state index < -0.39 is 16.0 Å². The Labute approximate surface area is 167 Å². The molecule has 144 valence electrons. The first-order chi connectivity index (χ1) is 13.9. The highest BCUT2D eigenvalue weighted by Gasteiger charge is 2.12. The number of fused-ring (bicyclic) bond motifs is 1. The van der Waals surface area contributed by atoms with Crippen molar-refractivity contribution in [3.63, 3.8) is 0 Å². The summed E-state index contributed by atoms with van der Waals surface area (Å²) in [5.41, 5.74) is 1.72. The Balaban J connectivity index is 1.79. The first-order valence-corrected chi connectivity index (χ1v) is 9.47. The third-order valence-electron chi connectivity index (χ3n) is 4.32. The minimum atomic E-state index is -0.501. The normalized spacial score (nSPS) is 11.8. The summed E-state index contributed by atoms with van der Waals surface area (Å²) >= 11 is 1.02. The molecule has 0 aliphatic heterocycles. The van der Waals surface area contributed by atoms with Crippen molar-refractivity contribution < 1.29 is 4.92 Å². The number of nitro groups is 1. The molecular formula is C20H14N4O4S. The molecule has 0 fully saturated rings. The molecule has 4 aromatic rings. The number of thiazole rings is 1. The second kappa shape index (κ2) is 7.36. The zero-order chi connectivity index (χ0) is 20.5. The lowest BCUT2D eigenvalue weighted by atomic mass is 10.1. The third-order valence-corrected chi connectivity index (χ3v) is 5.28. The maximum atomic E-state index is 12.7. The molecule has 29 heavy (non-hydrogen) atoms. The second-order valence-corrected chi connectivity index (χ2v) is 7.50. The molecule has 2 aromatic carbocycles. The smallest absolute Gasteiger partial charge is 0.266 e. The van der Waals surface area contributed by atoms with E-state index >= 15 is 0 Å². The standard InChI is InChI=1S/C20H14N4O4S/c1-12-5-7-13(8-6-12)10-16-18(25)21-20-23(22-16)19(26)17(29-20)11-14-3-2-4-15(9-14)24(27)28/h2-9,11H,10H2,1H3/b17-11+. The van der Waals surface area contributed by atoms with Crippen LogP contribution >= 0.6 is 11.3 Å². The van der Waals surface area contributed by atoms with Crippen molar-refractivity contribution >= 4 is 28.1 Å². The van der Waals surface area contributed by atoms with Crippen LogP contribution in [0.1, 0.15) is 22.4 Å². The molecule has 0 N–H and O–H groups in total. The molecule has 2 aromatic heterocycles. The molecule has 0 atom stereocenters. The van der Waals surface area contributed by atoms with Crippen LogP contribution in [0.4, 0.5) is 5.69 Å². The number of non-ortho nitro benzene ring substituents is 1. The van der Waals surface area contributed by atoms with E-state index in [4.69, 9.17) is 0 Å². The first-order valence-electron chi connectivity index (χ1n) is 8.65. The Kier molecular flexibility index (Phi) is 4.73. The summed E-state index contributed by atoms with van der Waals surface area (Å²) in [6.07, 6.45) is 1.80. The lowest BCUT2D eigenvalue weighted by Crippen LogP contribution is -2.28. The fourth-order valence-corrected chi connectivity index (χ4v) is 3.73. The van der Waals surface area contributed by atoms with Crippen LogP contribution < -0.4 is 15.7 Å². The van der Waals surface area contributed by atoms with Gasteiger partial charge in [-0.05, 0) is 24.1 Å². The highest BCUT2D eigenvalue weighted by atomic mass is 32.1. The zero-order valence-corrected chi connectivity index (χ0v) is 16.0. The van der Waals surface area contributed by atoms with Crippen molar-refractivity contribution in [3.8, 4) is 0 Å². The zero-order valence-electron chi connectivity index (χ0n) is 15.2. The maximum absolute atomic E-state index is 12.7. The summed E-state index contributed by atoms with van der Waals surface area (Å²) in [6.45, 7) is 1.97. The summed E-state index contributed by atoms with van der Waals surface area (Å²) < 4.78 is 1.40. The van der Waals surface area contributed by atoms with Gasteiger partial charge in [0.1, 0.15) is 5.69 Å². The molecule has 0 aliphatic rings. The minimum absolute atomic E-state index is 0.0709. The van der Waals surface area contributed by atoms with Gasteiger partial charge in [0.25, 0.3) is 16.8 Å². The van der Waals surface area contributed by atoms with Gasteiger partial charge in [0.15, 0.2) is 0 Å². The van der Waals surface area contributed by atoms with Crippen molar-refractivity contribution in [3.05, 3.63) is 106 Å². The summed E-state index contributed by atoms with van der Waals surface area (Å²) in [7, 11) is 0. The number of benzene rings is 2. The highest BCUT2D eigenvalue weighted by Crippen LogP contribution is 2.13. The Hall–Kier alpha value is -3.72. The molecule has 4 rings (SSSR count). The number of hydrogen-bond acceptors (Lipinski definition) is 7. The predicted octanol–water partition coefficient (Wildman–Crippen LogP) is 1.87. The third kappa shape index (κ3) is 3.81. The van der Waals surface area contributed by atoms with Crippen molar-refractivity contribution in [2.75, 3.05) is 0 Å². The number of nitrogens with zero attached hydrogens (tertiary/aromatic N) is 4. The van der Waals surface area contributed by atoms with Gasteiger partial charge in [-0.1, -0.05) is 53.3 Å². The second-order valence-electron chi connectivity index (χ2n) is 6.49. The lowest BCUT2D eigenvalue weighted by Gasteiger charge is -2.01. The number of aromatic nitrogens is 3. The highest BCUT2D eigenvalue weighted by molar-refractivity contribution is 7.15. The van der Waals surface area contributed by atoms with E-state index in [9.17, 15) is 19.7 Å². The van der Waals surface area contributed by atoms with E-state index in [0.717, 1.165) is 27.0 Å². The quantitative estimate of drug-likeness (QED) is 0.378. The van der Waals surface area contributed by atoms with Gasteiger partial charge in [0.2, 0.25) is 4.96 Å². The predicted molar refractivity (Wildman–Crippen MR) is 109 cm³/mol. The van der Waals surface area contributed by atoms with Crippen molar-refractivity contribution in [2.45, 2.75) is 13.3 Å². The van der Waals surface area contributed by atoms with Crippen LogP contribution in [0.15, 0.2) is 58.1 Å². The Morgan fingerprint density at radius 2 is 1.93 bits per heavy atom. The van der Waals surface area contributed by atoms with Crippen LogP contribution in [0, 0.1) is 17.0 Å². The van der Waals surface area contributed by atoms with E-state index in [1.54, 1.807) is 12.1 Å². The van der Waals surface area contributed by atoms with Crippen molar-refractivity contribution in [2.24, 2.45) is 0 Å². The average molecular weight is 406 g/mol. The number of rotatable bonds is 4. The molecule has 8 nitrogen and oxygen atoms in total. The first kappa shape index (κ1) is 18.6. The molecule has 0 amide bonds. The van der Waals surface area contributed by atoms with Crippen molar-refractivity contribution in [1.29, 1.82) is 0 Å². The molecular weight excluding hydrogens is 392 g/mol. The SMILES string of the molecule is Cc1ccc(Cc2nn3c(=O)/c(=C\c4cccc([N+](=O)[O-])c4)sc3nc2=O)cc1. The monoisotopic (exact) mass is 406 g/mol. The van der Waals surface area contributed by atoms with E-state index in [-0.39, 0.29) is 27.3 Å². The van der Waals surface area contributed by atoms with Crippen LogP contribution in [0.5, 0.6) is 0 Å². The Morgan fingerprint density at radius 3 is 2.66 bits per heavy atom. The minimum Gasteiger partial charge on any atom is -0.266 e. The number of aryl methyl sites for hydroxylation is 1. The summed E-state index contributed by atoms with van der Waals surface area (Å²) in [4.78, 5) is 39.7. The molecule has 9 heteroatoms. The Bertz CT molecular complexity index is 1410. The topological polar surface area (TPSA) is 107 Å². The van der Waals surface area contributed by atoms with Gasteiger partial charge in [0.05, 0.1) is 9.46 Å². The lowest BCUT2D eigenvalue weighted by molar-refractivity contribution is -0.384. The fourth-order valence-electron chi connectivity index (χ4n) is 2.83. The molecule has 0 saturated heterocycles. The maximum Gasteiger partial charge on any atom is 0.296 e. The van der Waals surface area contributed by atoms with E-state index in [1.807, 2.05) is 31.2 Å². The molecule has 2 heterocycles. The Morgan fingerprint density at radius 1 is 1.17 bits per heavy atom. The molecule has 0 aliphatic carbocycles. The largest absolute Gasteiger partial charge is 0.296 e. The average Bonchev–Trinajstić information content (AvgIpc) is 2.99. The molecule has 0 unspecified atom stereocenters. The van der Waals surface area contributed by atoms with Gasteiger partial charge in [-0.3, -0.25) is 19.7 Å². The van der Waals surface area contributed by atoms with Gasteiger partial charge in [-0.15, -0.1) is 0 Å². The summed E-state index contributed by atoms with van der Waals surface area (Å²) in [6, 6.07) is 13.6. The molecule has 0 bridgehead atoms. The number of nitro benzene ring substituents is 1. The molecule has 0 saturated carbocycles. The van der Waals surface area contributed by atoms with Crippen LogP contribution in [0.3, 0.4) is 0 Å². The van der Waals surface area contributed by atoms with Gasteiger partial charge >= 0.3 is 0 Å². The van der Waals surface area contributed by atoms with E-state index in [2.05, 4.69) is 10.1 Å². The summed E-state index contributed by atoms with van der Waals surface area (Å²) in [5, 5.41) is 15.1. The van der Waals surface area contributed by atoms with Crippen LogP contribution in [0.2, 0.25) is 0 Å². The number of hydrogen-bond donors (Lipinski definition) is 0. The van der Waals surface area contributed by atoms with Gasteiger partial charge in [0, 0.05) is 18.6 Å².